The fraction of sp³-hybridized carbons (Fsp3) is 0.545. The fourth-order valence-corrected chi connectivity index (χ4v) is 2.32. The predicted octanol–water partition coefficient (Wildman–Crippen LogP) is 3.27. The van der Waals surface area contributed by atoms with Crippen molar-refractivity contribution < 1.29 is 0 Å². The van der Waals surface area contributed by atoms with Gasteiger partial charge in [-0.2, -0.15) is 0 Å². The van der Waals surface area contributed by atoms with E-state index >= 15 is 0 Å². The first kappa shape index (κ1) is 12.8. The molecule has 1 fully saturated rings. The van der Waals surface area contributed by atoms with Crippen LogP contribution in [0.3, 0.4) is 0 Å². The molecule has 2 nitrogen and oxygen atoms in total. The van der Waals surface area contributed by atoms with Gasteiger partial charge in [-0.15, -0.1) is 12.4 Å². The molecule has 1 aliphatic carbocycles. The van der Waals surface area contributed by atoms with Crippen LogP contribution in [0.1, 0.15) is 42.9 Å². The molecule has 2 N–H and O–H groups in total. The second-order valence-electron chi connectivity index (χ2n) is 3.87. The van der Waals surface area contributed by atoms with Crippen molar-refractivity contribution in [1.29, 1.82) is 0 Å². The van der Waals surface area contributed by atoms with E-state index in [1.54, 1.807) is 0 Å². The van der Waals surface area contributed by atoms with Gasteiger partial charge in [-0.3, -0.25) is 0 Å². The monoisotopic (exact) mass is 246 g/mol. The average Bonchev–Trinajstić information content (AvgIpc) is 2.70. The molecule has 0 aromatic carbocycles. The van der Waals surface area contributed by atoms with Gasteiger partial charge < -0.3 is 5.73 Å². The molecule has 0 unspecified atom stereocenters. The molecule has 0 spiro atoms. The van der Waals surface area contributed by atoms with Crippen LogP contribution in [0, 0.1) is 0 Å². The first-order valence-corrected chi connectivity index (χ1v) is 5.54. The largest absolute Gasteiger partial charge is 0.326 e. The number of pyridine rings is 1. The van der Waals surface area contributed by atoms with E-state index in [1.165, 1.54) is 25.7 Å². The zero-order chi connectivity index (χ0) is 9.97. The van der Waals surface area contributed by atoms with E-state index in [0.29, 0.717) is 17.6 Å². The topological polar surface area (TPSA) is 38.9 Å². The highest BCUT2D eigenvalue weighted by Crippen LogP contribution is 2.33. The second kappa shape index (κ2) is 5.69. The quantitative estimate of drug-likeness (QED) is 0.814. The highest BCUT2D eigenvalue weighted by atomic mass is 35.5. The van der Waals surface area contributed by atoms with E-state index in [2.05, 4.69) is 11.1 Å². The van der Waals surface area contributed by atoms with Crippen LogP contribution >= 0.6 is 24.0 Å². The van der Waals surface area contributed by atoms with Gasteiger partial charge in [-0.05, 0) is 18.9 Å². The highest BCUT2D eigenvalue weighted by Gasteiger charge is 2.18. The molecule has 84 valence electrons. The molecular formula is C11H16Cl2N2. The van der Waals surface area contributed by atoms with Crippen molar-refractivity contribution in [2.45, 2.75) is 38.1 Å². The molecular weight excluding hydrogens is 231 g/mol. The molecule has 0 bridgehead atoms. The van der Waals surface area contributed by atoms with Crippen molar-refractivity contribution in [1.82, 2.24) is 4.98 Å². The summed E-state index contributed by atoms with van der Waals surface area (Å²) in [6.45, 7) is 0.469. The number of nitrogens with two attached hydrogens (primary N) is 1. The number of aromatic nitrogens is 1. The Kier molecular flexibility index (Phi) is 4.84. The molecule has 1 heterocycles. The molecule has 4 heteroatoms. The average molecular weight is 247 g/mol. The lowest BCUT2D eigenvalue weighted by Gasteiger charge is -2.09. The SMILES string of the molecule is Cl.NCc1ccc(C2CCCC2)nc1Cl. The molecule has 1 aromatic rings. The zero-order valence-corrected chi connectivity index (χ0v) is 10.2. The maximum Gasteiger partial charge on any atom is 0.133 e. The summed E-state index contributed by atoms with van der Waals surface area (Å²) in [7, 11) is 0. The molecule has 1 aliphatic rings. The van der Waals surface area contributed by atoms with Crippen molar-refractivity contribution in [3.8, 4) is 0 Å². The Morgan fingerprint density at radius 3 is 2.53 bits per heavy atom. The predicted molar refractivity (Wildman–Crippen MR) is 65.6 cm³/mol. The van der Waals surface area contributed by atoms with Gasteiger partial charge in [-0.1, -0.05) is 30.5 Å². The van der Waals surface area contributed by atoms with Gasteiger partial charge in [0.15, 0.2) is 0 Å². The van der Waals surface area contributed by atoms with Crippen LogP contribution < -0.4 is 5.73 Å². The summed E-state index contributed by atoms with van der Waals surface area (Å²) in [4.78, 5) is 4.41. The third-order valence-corrected chi connectivity index (χ3v) is 3.27. The minimum atomic E-state index is 0. The van der Waals surface area contributed by atoms with E-state index in [4.69, 9.17) is 17.3 Å². The lowest BCUT2D eigenvalue weighted by Crippen LogP contribution is -2.02. The van der Waals surface area contributed by atoms with E-state index < -0.39 is 0 Å². The summed E-state index contributed by atoms with van der Waals surface area (Å²) in [6, 6.07) is 4.08. The summed E-state index contributed by atoms with van der Waals surface area (Å²) in [5.41, 5.74) is 7.61. The van der Waals surface area contributed by atoms with E-state index in [-0.39, 0.29) is 12.4 Å². The van der Waals surface area contributed by atoms with Gasteiger partial charge in [0.1, 0.15) is 5.15 Å². The van der Waals surface area contributed by atoms with Crippen molar-refractivity contribution in [2.24, 2.45) is 5.73 Å². The van der Waals surface area contributed by atoms with Crippen molar-refractivity contribution >= 4 is 24.0 Å². The molecule has 2 rings (SSSR count). The Morgan fingerprint density at radius 2 is 2.00 bits per heavy atom. The normalized spacial score (nSPS) is 16.4. The molecule has 1 saturated carbocycles. The van der Waals surface area contributed by atoms with Gasteiger partial charge in [0.05, 0.1) is 0 Å². The van der Waals surface area contributed by atoms with E-state index in [0.717, 1.165) is 11.3 Å². The van der Waals surface area contributed by atoms with Crippen LogP contribution in [0.2, 0.25) is 5.15 Å². The molecule has 0 radical (unpaired) electrons. The second-order valence-corrected chi connectivity index (χ2v) is 4.23. The summed E-state index contributed by atoms with van der Waals surface area (Å²) in [5.74, 6) is 0.624. The third kappa shape index (κ3) is 2.83. The molecule has 0 aliphatic heterocycles. The van der Waals surface area contributed by atoms with Crippen LogP contribution in [0.4, 0.5) is 0 Å². The Morgan fingerprint density at radius 1 is 1.33 bits per heavy atom. The van der Waals surface area contributed by atoms with Crippen LogP contribution in [0.25, 0.3) is 0 Å². The van der Waals surface area contributed by atoms with Gasteiger partial charge in [0, 0.05) is 23.7 Å². The van der Waals surface area contributed by atoms with Gasteiger partial charge in [0.25, 0.3) is 0 Å². The van der Waals surface area contributed by atoms with Crippen LogP contribution in [-0.2, 0) is 6.54 Å². The first-order valence-electron chi connectivity index (χ1n) is 5.16. The van der Waals surface area contributed by atoms with Crippen LogP contribution in [-0.4, -0.2) is 4.98 Å². The number of rotatable bonds is 2. The Labute approximate surface area is 102 Å². The van der Waals surface area contributed by atoms with Crippen molar-refractivity contribution in [2.75, 3.05) is 0 Å². The molecule has 0 amide bonds. The molecule has 1 aromatic heterocycles. The fourth-order valence-electron chi connectivity index (χ4n) is 2.08. The summed E-state index contributed by atoms with van der Waals surface area (Å²) in [6.07, 6.45) is 5.15. The maximum atomic E-state index is 6.02. The smallest absolute Gasteiger partial charge is 0.133 e. The van der Waals surface area contributed by atoms with Crippen LogP contribution in [0.5, 0.6) is 0 Å². The van der Waals surface area contributed by atoms with Gasteiger partial charge >= 0.3 is 0 Å². The van der Waals surface area contributed by atoms with E-state index in [9.17, 15) is 0 Å². The van der Waals surface area contributed by atoms with Gasteiger partial charge in [-0.25, -0.2) is 4.98 Å². The van der Waals surface area contributed by atoms with Crippen molar-refractivity contribution in [3.63, 3.8) is 0 Å². The lowest BCUT2D eigenvalue weighted by atomic mass is 10.0. The molecule has 15 heavy (non-hydrogen) atoms. The minimum absolute atomic E-state index is 0. The standard InChI is InChI=1S/C11H15ClN2.ClH/c12-11-9(7-13)5-6-10(14-11)8-3-1-2-4-8;/h5-6,8H,1-4,7,13H2;1H. The summed E-state index contributed by atoms with van der Waals surface area (Å²) >= 11 is 6.02. The number of nitrogens with zero attached hydrogens (tertiary/aromatic N) is 1. The zero-order valence-electron chi connectivity index (χ0n) is 8.58. The van der Waals surface area contributed by atoms with Crippen molar-refractivity contribution in [3.05, 3.63) is 28.5 Å². The summed E-state index contributed by atoms with van der Waals surface area (Å²) < 4.78 is 0. The maximum absolute atomic E-state index is 6.02. The minimum Gasteiger partial charge on any atom is -0.326 e. The number of hydrogen-bond acceptors (Lipinski definition) is 2. The lowest BCUT2D eigenvalue weighted by molar-refractivity contribution is 0.696. The Balaban J connectivity index is 0.00000112. The van der Waals surface area contributed by atoms with Gasteiger partial charge in [0.2, 0.25) is 0 Å². The third-order valence-electron chi connectivity index (χ3n) is 2.94. The molecule has 0 atom stereocenters. The highest BCUT2D eigenvalue weighted by molar-refractivity contribution is 6.30. The summed E-state index contributed by atoms with van der Waals surface area (Å²) in [5, 5.41) is 0.580. The van der Waals surface area contributed by atoms with E-state index in [1.807, 2.05) is 6.07 Å². The number of hydrogen-bond donors (Lipinski definition) is 1. The molecule has 0 saturated heterocycles. The Bertz CT molecular complexity index is 322. The number of halogens is 2. The first-order chi connectivity index (χ1) is 6.81. The van der Waals surface area contributed by atoms with Crippen LogP contribution in [0.15, 0.2) is 12.1 Å². The Hall–Kier alpha value is -0.310.